The van der Waals surface area contributed by atoms with Gasteiger partial charge in [0.25, 0.3) is 10.0 Å². The highest BCUT2D eigenvalue weighted by atomic mass is 32.2. The van der Waals surface area contributed by atoms with Crippen molar-refractivity contribution in [3.63, 3.8) is 0 Å². The number of aryl methyl sites for hydroxylation is 3. The zero-order chi connectivity index (χ0) is 22.7. The van der Waals surface area contributed by atoms with Crippen molar-refractivity contribution in [3.8, 4) is 0 Å². The van der Waals surface area contributed by atoms with Gasteiger partial charge in [-0.25, -0.2) is 28.1 Å². The Morgan fingerprint density at radius 3 is 2.56 bits per heavy atom. The van der Waals surface area contributed by atoms with Crippen molar-refractivity contribution in [2.24, 2.45) is 0 Å². The standard InChI is InChI=1S/C22H22N6O3S/c1-15-12-13-23-22(24-15)27-32(30,31)18-8-6-17(7-9-18)26-21(29)11-10-19-16(2)25-20-5-3-4-14-28(19)20/h3-9,12-14H,10-11H2,1-2H3,(H,26,29)(H,23,24,27). The molecule has 0 saturated carbocycles. The van der Waals surface area contributed by atoms with Gasteiger partial charge in [0.15, 0.2) is 0 Å². The second-order valence-corrected chi connectivity index (χ2v) is 8.95. The topological polar surface area (TPSA) is 118 Å². The van der Waals surface area contributed by atoms with Crippen molar-refractivity contribution in [3.05, 3.63) is 78.0 Å². The average molecular weight is 451 g/mol. The fourth-order valence-corrected chi connectivity index (χ4v) is 4.27. The number of nitrogens with zero attached hydrogens (tertiary/aromatic N) is 4. The number of hydrogen-bond acceptors (Lipinski definition) is 6. The predicted molar refractivity (Wildman–Crippen MR) is 121 cm³/mol. The van der Waals surface area contributed by atoms with Gasteiger partial charge in [0.1, 0.15) is 5.65 Å². The van der Waals surface area contributed by atoms with Crippen molar-refractivity contribution in [1.29, 1.82) is 0 Å². The molecule has 0 unspecified atom stereocenters. The Bertz CT molecular complexity index is 1380. The monoisotopic (exact) mass is 450 g/mol. The smallest absolute Gasteiger partial charge is 0.264 e. The second-order valence-electron chi connectivity index (χ2n) is 7.27. The lowest BCUT2D eigenvalue weighted by atomic mass is 10.2. The van der Waals surface area contributed by atoms with Gasteiger partial charge in [-0.05, 0) is 62.7 Å². The number of nitrogens with one attached hydrogen (secondary N) is 2. The molecule has 10 heteroatoms. The SMILES string of the molecule is Cc1ccnc(NS(=O)(=O)c2ccc(NC(=O)CCc3c(C)nc4ccccn34)cc2)n1. The Balaban J connectivity index is 1.38. The van der Waals surface area contributed by atoms with Crippen molar-refractivity contribution in [2.45, 2.75) is 31.6 Å². The third-order valence-electron chi connectivity index (χ3n) is 4.89. The quantitative estimate of drug-likeness (QED) is 0.447. The van der Waals surface area contributed by atoms with E-state index in [2.05, 4.69) is 25.0 Å². The van der Waals surface area contributed by atoms with E-state index in [1.165, 1.54) is 18.3 Å². The molecule has 4 rings (SSSR count). The number of rotatable bonds is 7. The summed E-state index contributed by atoms with van der Waals surface area (Å²) in [6.07, 6.45) is 4.22. The fraction of sp³-hybridized carbons (Fsp3) is 0.182. The lowest BCUT2D eigenvalue weighted by Crippen LogP contribution is -2.16. The van der Waals surface area contributed by atoms with E-state index < -0.39 is 10.0 Å². The van der Waals surface area contributed by atoms with Crippen LogP contribution in [0.15, 0.2) is 65.8 Å². The van der Waals surface area contributed by atoms with Crippen LogP contribution in [-0.2, 0) is 21.2 Å². The Morgan fingerprint density at radius 1 is 1.03 bits per heavy atom. The minimum Gasteiger partial charge on any atom is -0.326 e. The summed E-state index contributed by atoms with van der Waals surface area (Å²) in [4.78, 5) is 24.9. The van der Waals surface area contributed by atoms with E-state index >= 15 is 0 Å². The molecule has 1 aromatic carbocycles. The van der Waals surface area contributed by atoms with Crippen molar-refractivity contribution < 1.29 is 13.2 Å². The first kappa shape index (κ1) is 21.4. The Morgan fingerprint density at radius 2 is 1.81 bits per heavy atom. The zero-order valence-corrected chi connectivity index (χ0v) is 18.4. The van der Waals surface area contributed by atoms with E-state index in [0.717, 1.165) is 17.0 Å². The molecule has 9 nitrogen and oxygen atoms in total. The Kier molecular flexibility index (Phi) is 5.87. The molecule has 0 atom stereocenters. The highest BCUT2D eigenvalue weighted by Gasteiger charge is 2.16. The first-order chi connectivity index (χ1) is 15.3. The van der Waals surface area contributed by atoms with Gasteiger partial charge in [0, 0.05) is 35.9 Å². The zero-order valence-electron chi connectivity index (χ0n) is 17.6. The van der Waals surface area contributed by atoms with E-state index in [9.17, 15) is 13.2 Å². The van der Waals surface area contributed by atoms with Gasteiger partial charge >= 0.3 is 0 Å². The van der Waals surface area contributed by atoms with Crippen molar-refractivity contribution in [1.82, 2.24) is 19.4 Å². The van der Waals surface area contributed by atoms with Gasteiger partial charge in [0.05, 0.1) is 10.6 Å². The molecule has 4 aromatic rings. The van der Waals surface area contributed by atoms with Crippen LogP contribution in [-0.4, -0.2) is 33.7 Å². The van der Waals surface area contributed by atoms with Crippen molar-refractivity contribution >= 4 is 33.2 Å². The number of carbonyl (C=O) groups excluding carboxylic acids is 1. The molecule has 3 aromatic heterocycles. The number of sulfonamides is 1. The molecule has 0 bridgehead atoms. The number of pyridine rings is 1. The third-order valence-corrected chi connectivity index (χ3v) is 6.23. The summed E-state index contributed by atoms with van der Waals surface area (Å²) < 4.78 is 29.4. The van der Waals surface area contributed by atoms with Crippen LogP contribution >= 0.6 is 0 Å². The normalized spacial score (nSPS) is 11.4. The minimum atomic E-state index is -3.84. The highest BCUT2D eigenvalue weighted by Crippen LogP contribution is 2.18. The fourth-order valence-electron chi connectivity index (χ4n) is 3.32. The van der Waals surface area contributed by atoms with Gasteiger partial charge in [-0.15, -0.1) is 0 Å². The van der Waals surface area contributed by atoms with Gasteiger partial charge in [-0.1, -0.05) is 6.07 Å². The largest absolute Gasteiger partial charge is 0.326 e. The van der Waals surface area contributed by atoms with Crippen LogP contribution in [0, 0.1) is 13.8 Å². The maximum atomic E-state index is 12.5. The molecule has 0 radical (unpaired) electrons. The number of fused-ring (bicyclic) bond motifs is 1. The lowest BCUT2D eigenvalue weighted by Gasteiger charge is -2.09. The number of benzene rings is 1. The lowest BCUT2D eigenvalue weighted by molar-refractivity contribution is -0.116. The number of amides is 1. The molecule has 0 aliphatic heterocycles. The summed E-state index contributed by atoms with van der Waals surface area (Å²) in [5.41, 5.74) is 3.89. The molecule has 32 heavy (non-hydrogen) atoms. The van der Waals surface area contributed by atoms with Crippen LogP contribution in [0.3, 0.4) is 0 Å². The first-order valence-corrected chi connectivity index (χ1v) is 11.4. The van der Waals surface area contributed by atoms with E-state index in [4.69, 9.17) is 0 Å². The molecule has 0 saturated heterocycles. The Labute approximate surface area is 185 Å². The van der Waals surface area contributed by atoms with Crippen LogP contribution in [0.5, 0.6) is 0 Å². The summed E-state index contributed by atoms with van der Waals surface area (Å²) >= 11 is 0. The molecular weight excluding hydrogens is 428 g/mol. The number of imidazole rings is 1. The summed E-state index contributed by atoms with van der Waals surface area (Å²) in [6, 6.07) is 13.4. The maximum Gasteiger partial charge on any atom is 0.264 e. The third kappa shape index (κ3) is 4.75. The molecule has 0 aliphatic rings. The second kappa shape index (κ2) is 8.75. The van der Waals surface area contributed by atoms with Crippen LogP contribution in [0.25, 0.3) is 5.65 Å². The summed E-state index contributed by atoms with van der Waals surface area (Å²) in [7, 11) is -3.84. The predicted octanol–water partition coefficient (Wildman–Crippen LogP) is 3.11. The highest BCUT2D eigenvalue weighted by molar-refractivity contribution is 7.92. The molecule has 2 N–H and O–H groups in total. The molecule has 0 spiro atoms. The Hall–Kier alpha value is -3.79. The van der Waals surface area contributed by atoms with Gasteiger partial charge in [-0.3, -0.25) is 4.79 Å². The molecule has 0 fully saturated rings. The molecular formula is C22H22N6O3S. The number of hydrogen-bond donors (Lipinski definition) is 2. The van der Waals surface area contributed by atoms with Gasteiger partial charge in [-0.2, -0.15) is 0 Å². The maximum absolute atomic E-state index is 12.5. The van der Waals surface area contributed by atoms with E-state index in [0.29, 0.717) is 17.8 Å². The molecule has 1 amide bonds. The number of carbonyl (C=O) groups is 1. The minimum absolute atomic E-state index is 0.00469. The molecule has 164 valence electrons. The van der Waals surface area contributed by atoms with Crippen LogP contribution in [0.4, 0.5) is 11.6 Å². The number of aromatic nitrogens is 4. The van der Waals surface area contributed by atoms with Gasteiger partial charge < -0.3 is 9.72 Å². The average Bonchev–Trinajstić information content (AvgIpc) is 3.07. The molecule has 3 heterocycles. The van der Waals surface area contributed by atoms with Gasteiger partial charge in [0.2, 0.25) is 11.9 Å². The number of anilines is 2. The van der Waals surface area contributed by atoms with E-state index in [1.807, 2.05) is 35.7 Å². The van der Waals surface area contributed by atoms with E-state index in [1.54, 1.807) is 25.1 Å². The summed E-state index contributed by atoms with van der Waals surface area (Å²) in [5, 5.41) is 2.80. The summed E-state index contributed by atoms with van der Waals surface area (Å²) in [6.45, 7) is 3.67. The van der Waals surface area contributed by atoms with Crippen LogP contribution in [0.1, 0.15) is 23.5 Å². The first-order valence-electron chi connectivity index (χ1n) is 9.97. The van der Waals surface area contributed by atoms with Crippen LogP contribution in [0.2, 0.25) is 0 Å². The van der Waals surface area contributed by atoms with Crippen LogP contribution < -0.4 is 10.0 Å². The molecule has 0 aliphatic carbocycles. The van der Waals surface area contributed by atoms with Crippen molar-refractivity contribution in [2.75, 3.05) is 10.0 Å². The van der Waals surface area contributed by atoms with E-state index in [-0.39, 0.29) is 23.2 Å². The summed E-state index contributed by atoms with van der Waals surface area (Å²) in [5.74, 6) is -0.165.